The van der Waals surface area contributed by atoms with Crippen LogP contribution < -0.4 is 0 Å². The van der Waals surface area contributed by atoms with Crippen molar-refractivity contribution >= 4 is 5.57 Å². The van der Waals surface area contributed by atoms with Gasteiger partial charge in [-0.2, -0.15) is 8.78 Å². The van der Waals surface area contributed by atoms with Crippen LogP contribution in [0.3, 0.4) is 0 Å². The number of hydrogen-bond acceptors (Lipinski definition) is 0. The molecule has 0 saturated carbocycles. The molecular weight excluding hydrogens is 206 g/mol. The van der Waals surface area contributed by atoms with Crippen molar-refractivity contribution in [3.8, 4) is 11.8 Å². The second-order valence-corrected chi connectivity index (χ2v) is 3.41. The molecule has 0 nitrogen and oxygen atoms in total. The monoisotopic (exact) mass is 220 g/mol. The topological polar surface area (TPSA) is 0 Å². The lowest BCUT2D eigenvalue weighted by Crippen LogP contribution is -1.82. The van der Waals surface area contributed by atoms with Crippen molar-refractivity contribution in [2.75, 3.05) is 0 Å². The summed E-state index contributed by atoms with van der Waals surface area (Å²) in [6.07, 6.45) is 0.926. The van der Waals surface area contributed by atoms with Crippen molar-refractivity contribution < 1.29 is 8.78 Å². The highest BCUT2D eigenvalue weighted by Gasteiger charge is 2.05. The molecule has 2 heteroatoms. The maximum absolute atomic E-state index is 12.7. The molecule has 0 aliphatic carbocycles. The Bertz CT molecular complexity index is 403. The van der Waals surface area contributed by atoms with E-state index in [2.05, 4.69) is 11.8 Å². The standard InChI is InChI=1S/C14H14F2/c1-2-3-4-8-11-13(14(15)16)12-9-6-5-7-10-12/h5-7,9-10H,2-4H2,1H3. The fraction of sp³-hybridized carbons (Fsp3) is 0.286. The van der Waals surface area contributed by atoms with E-state index in [0.717, 1.165) is 12.8 Å². The van der Waals surface area contributed by atoms with Crippen LogP contribution in [-0.2, 0) is 0 Å². The van der Waals surface area contributed by atoms with Crippen LogP contribution in [-0.4, -0.2) is 0 Å². The SMILES string of the molecule is CCCCC#CC(=C(F)F)c1ccccc1. The number of allylic oxidation sites excluding steroid dienone is 1. The first kappa shape index (κ1) is 12.4. The van der Waals surface area contributed by atoms with Gasteiger partial charge in [0.15, 0.2) is 0 Å². The first-order chi connectivity index (χ1) is 7.75. The molecule has 16 heavy (non-hydrogen) atoms. The zero-order valence-corrected chi connectivity index (χ0v) is 9.26. The van der Waals surface area contributed by atoms with Crippen LogP contribution in [0.4, 0.5) is 8.78 Å². The summed E-state index contributed by atoms with van der Waals surface area (Å²) in [5.74, 6) is 5.33. The molecule has 0 N–H and O–H groups in total. The van der Waals surface area contributed by atoms with Crippen LogP contribution >= 0.6 is 0 Å². The molecule has 0 unspecified atom stereocenters. The summed E-state index contributed by atoms with van der Waals surface area (Å²) < 4.78 is 25.3. The van der Waals surface area contributed by atoms with Crippen LogP contribution in [0, 0.1) is 11.8 Å². The average molecular weight is 220 g/mol. The maximum atomic E-state index is 12.7. The number of benzene rings is 1. The van der Waals surface area contributed by atoms with Gasteiger partial charge in [-0.3, -0.25) is 0 Å². The van der Waals surface area contributed by atoms with Gasteiger partial charge in [0.1, 0.15) is 0 Å². The fourth-order valence-electron chi connectivity index (χ4n) is 1.25. The highest BCUT2D eigenvalue weighted by molar-refractivity contribution is 5.79. The maximum Gasteiger partial charge on any atom is 0.286 e. The van der Waals surface area contributed by atoms with E-state index in [1.54, 1.807) is 30.3 Å². The van der Waals surface area contributed by atoms with Crippen molar-refractivity contribution in [2.24, 2.45) is 0 Å². The summed E-state index contributed by atoms with van der Waals surface area (Å²) >= 11 is 0. The first-order valence-electron chi connectivity index (χ1n) is 5.35. The van der Waals surface area contributed by atoms with Crippen LogP contribution in [0.1, 0.15) is 31.7 Å². The molecule has 0 aliphatic heterocycles. The molecule has 0 fully saturated rings. The summed E-state index contributed by atoms with van der Waals surface area (Å²) in [6, 6.07) is 8.53. The minimum absolute atomic E-state index is 0.156. The minimum Gasteiger partial charge on any atom is -0.172 e. The Labute approximate surface area is 95.0 Å². The number of rotatable bonds is 3. The van der Waals surface area contributed by atoms with E-state index in [1.165, 1.54) is 0 Å². The molecule has 0 amide bonds. The predicted molar refractivity (Wildman–Crippen MR) is 62.9 cm³/mol. The lowest BCUT2D eigenvalue weighted by molar-refractivity contribution is 0.427. The van der Waals surface area contributed by atoms with E-state index in [1.807, 2.05) is 6.92 Å². The first-order valence-corrected chi connectivity index (χ1v) is 5.35. The predicted octanol–water partition coefficient (Wildman–Crippen LogP) is 4.49. The summed E-state index contributed by atoms with van der Waals surface area (Å²) in [5, 5.41) is 0. The fourth-order valence-corrected chi connectivity index (χ4v) is 1.25. The molecular formula is C14H14F2. The Kier molecular flexibility index (Phi) is 5.28. The van der Waals surface area contributed by atoms with Crippen molar-refractivity contribution in [2.45, 2.75) is 26.2 Å². The molecule has 1 rings (SSSR count). The Morgan fingerprint density at radius 3 is 2.44 bits per heavy atom. The zero-order valence-electron chi connectivity index (χ0n) is 9.26. The van der Waals surface area contributed by atoms with E-state index in [0.29, 0.717) is 12.0 Å². The van der Waals surface area contributed by atoms with Gasteiger partial charge in [0.05, 0.1) is 5.57 Å². The van der Waals surface area contributed by atoms with Crippen molar-refractivity contribution in [1.29, 1.82) is 0 Å². The van der Waals surface area contributed by atoms with Gasteiger partial charge in [-0.15, -0.1) is 0 Å². The van der Waals surface area contributed by atoms with Crippen LogP contribution in [0.15, 0.2) is 36.4 Å². The van der Waals surface area contributed by atoms with Gasteiger partial charge in [0, 0.05) is 6.42 Å². The van der Waals surface area contributed by atoms with Crippen molar-refractivity contribution in [1.82, 2.24) is 0 Å². The van der Waals surface area contributed by atoms with Gasteiger partial charge >= 0.3 is 0 Å². The molecule has 0 bridgehead atoms. The summed E-state index contributed by atoms with van der Waals surface area (Å²) in [4.78, 5) is 0. The van der Waals surface area contributed by atoms with E-state index < -0.39 is 6.08 Å². The smallest absolute Gasteiger partial charge is 0.172 e. The molecule has 0 atom stereocenters. The van der Waals surface area contributed by atoms with Crippen molar-refractivity contribution in [3.05, 3.63) is 42.0 Å². The van der Waals surface area contributed by atoms with Crippen LogP contribution in [0.2, 0.25) is 0 Å². The van der Waals surface area contributed by atoms with Gasteiger partial charge in [0.25, 0.3) is 6.08 Å². The molecule has 1 aromatic carbocycles. The Morgan fingerprint density at radius 2 is 1.88 bits per heavy atom. The Hall–Kier alpha value is -1.62. The van der Waals surface area contributed by atoms with E-state index >= 15 is 0 Å². The number of hydrogen-bond donors (Lipinski definition) is 0. The average Bonchev–Trinajstić information content (AvgIpc) is 2.30. The minimum atomic E-state index is -1.71. The lowest BCUT2D eigenvalue weighted by Gasteiger charge is -1.97. The van der Waals surface area contributed by atoms with Gasteiger partial charge in [0.2, 0.25) is 0 Å². The highest BCUT2D eigenvalue weighted by Crippen LogP contribution is 2.19. The van der Waals surface area contributed by atoms with Crippen LogP contribution in [0.25, 0.3) is 5.57 Å². The highest BCUT2D eigenvalue weighted by atomic mass is 19.3. The molecule has 0 aliphatic rings. The molecule has 0 spiro atoms. The molecule has 84 valence electrons. The van der Waals surface area contributed by atoms with E-state index in [-0.39, 0.29) is 5.57 Å². The third-order valence-corrected chi connectivity index (χ3v) is 2.12. The number of halogens is 2. The largest absolute Gasteiger partial charge is 0.286 e. The third kappa shape index (κ3) is 3.86. The second kappa shape index (κ2) is 6.79. The number of unbranched alkanes of at least 4 members (excludes halogenated alkanes) is 2. The van der Waals surface area contributed by atoms with E-state index in [9.17, 15) is 8.78 Å². The summed E-state index contributed by atoms with van der Waals surface area (Å²) in [7, 11) is 0. The van der Waals surface area contributed by atoms with Gasteiger partial charge < -0.3 is 0 Å². The van der Waals surface area contributed by atoms with Crippen LogP contribution in [0.5, 0.6) is 0 Å². The molecule has 0 heterocycles. The summed E-state index contributed by atoms with van der Waals surface area (Å²) in [6.45, 7) is 2.05. The Morgan fingerprint density at radius 1 is 1.19 bits per heavy atom. The molecule has 0 saturated heterocycles. The molecule has 0 radical (unpaired) electrons. The van der Waals surface area contributed by atoms with E-state index in [4.69, 9.17) is 0 Å². The third-order valence-electron chi connectivity index (χ3n) is 2.12. The van der Waals surface area contributed by atoms with Gasteiger partial charge in [-0.05, 0) is 12.0 Å². The Balaban J connectivity index is 2.86. The van der Waals surface area contributed by atoms with Gasteiger partial charge in [-0.1, -0.05) is 55.5 Å². The van der Waals surface area contributed by atoms with Crippen molar-refractivity contribution in [3.63, 3.8) is 0 Å². The molecule has 1 aromatic rings. The second-order valence-electron chi connectivity index (χ2n) is 3.41. The van der Waals surface area contributed by atoms with Gasteiger partial charge in [-0.25, -0.2) is 0 Å². The normalized spacial score (nSPS) is 9.19. The lowest BCUT2D eigenvalue weighted by atomic mass is 10.1. The zero-order chi connectivity index (χ0) is 11.8. The molecule has 0 aromatic heterocycles. The summed E-state index contributed by atoms with van der Waals surface area (Å²) in [5.41, 5.74) is 0.322. The quantitative estimate of drug-likeness (QED) is 0.520.